The number of benzene rings is 1. The first-order valence-electron chi connectivity index (χ1n) is 7.11. The summed E-state index contributed by atoms with van der Waals surface area (Å²) in [5.74, 6) is 0.892. The first kappa shape index (κ1) is 14.7. The van der Waals surface area contributed by atoms with Gasteiger partial charge in [-0.1, -0.05) is 12.1 Å². The van der Waals surface area contributed by atoms with Gasteiger partial charge in [0.05, 0.1) is 7.11 Å². The van der Waals surface area contributed by atoms with Crippen LogP contribution in [-0.2, 0) is 6.54 Å². The summed E-state index contributed by atoms with van der Waals surface area (Å²) in [6.45, 7) is 6.93. The molecule has 0 aliphatic carbocycles. The summed E-state index contributed by atoms with van der Waals surface area (Å²) in [7, 11) is 1.68. The standard InChI is InChI=1S/C15H23N3O2/c1-3-16-15(19)18-9-7-17(8-10-18)12-13-5-4-6-14(11-13)20-2/h4-6,11H,3,7-10,12H2,1-2H3,(H,16,19). The summed E-state index contributed by atoms with van der Waals surface area (Å²) in [6.07, 6.45) is 0. The highest BCUT2D eigenvalue weighted by molar-refractivity contribution is 5.74. The van der Waals surface area contributed by atoms with Crippen molar-refractivity contribution in [2.75, 3.05) is 39.8 Å². The number of urea groups is 1. The van der Waals surface area contributed by atoms with Gasteiger partial charge >= 0.3 is 6.03 Å². The maximum Gasteiger partial charge on any atom is 0.317 e. The molecule has 20 heavy (non-hydrogen) atoms. The fraction of sp³-hybridized carbons (Fsp3) is 0.533. The van der Waals surface area contributed by atoms with E-state index in [0.717, 1.165) is 38.5 Å². The number of rotatable bonds is 4. The van der Waals surface area contributed by atoms with Crippen LogP contribution in [0.2, 0.25) is 0 Å². The lowest BCUT2D eigenvalue weighted by atomic mass is 10.2. The van der Waals surface area contributed by atoms with Crippen LogP contribution in [0.3, 0.4) is 0 Å². The summed E-state index contributed by atoms with van der Waals surface area (Å²) < 4.78 is 5.24. The Hall–Kier alpha value is -1.75. The summed E-state index contributed by atoms with van der Waals surface area (Å²) in [4.78, 5) is 16.0. The van der Waals surface area contributed by atoms with Gasteiger partial charge < -0.3 is 15.0 Å². The summed E-state index contributed by atoms with van der Waals surface area (Å²) >= 11 is 0. The lowest BCUT2D eigenvalue weighted by Crippen LogP contribution is -2.51. The minimum atomic E-state index is 0.0496. The number of piperazine rings is 1. The molecule has 0 radical (unpaired) electrons. The largest absolute Gasteiger partial charge is 0.497 e. The van der Waals surface area contributed by atoms with E-state index < -0.39 is 0 Å². The van der Waals surface area contributed by atoms with Gasteiger partial charge in [-0.15, -0.1) is 0 Å². The first-order chi connectivity index (χ1) is 9.72. The number of hydrogen-bond acceptors (Lipinski definition) is 3. The number of carbonyl (C=O) groups excluding carboxylic acids is 1. The molecule has 1 aromatic rings. The Bertz CT molecular complexity index is 442. The van der Waals surface area contributed by atoms with Gasteiger partial charge in [0.2, 0.25) is 0 Å². The van der Waals surface area contributed by atoms with Crippen LogP contribution in [-0.4, -0.2) is 55.7 Å². The van der Waals surface area contributed by atoms with Crippen LogP contribution in [0.25, 0.3) is 0 Å². The minimum absolute atomic E-state index is 0.0496. The number of ether oxygens (including phenoxy) is 1. The topological polar surface area (TPSA) is 44.8 Å². The van der Waals surface area contributed by atoms with E-state index in [4.69, 9.17) is 4.74 Å². The van der Waals surface area contributed by atoms with E-state index in [0.29, 0.717) is 6.54 Å². The molecule has 1 aliphatic heterocycles. The Morgan fingerprint density at radius 1 is 1.30 bits per heavy atom. The molecule has 1 fully saturated rings. The molecule has 0 aromatic heterocycles. The average Bonchev–Trinajstić information content (AvgIpc) is 2.48. The van der Waals surface area contributed by atoms with Crippen molar-refractivity contribution in [2.45, 2.75) is 13.5 Å². The van der Waals surface area contributed by atoms with E-state index in [1.807, 2.05) is 24.0 Å². The van der Waals surface area contributed by atoms with Gasteiger partial charge in [-0.3, -0.25) is 4.90 Å². The molecule has 0 atom stereocenters. The lowest BCUT2D eigenvalue weighted by molar-refractivity contribution is 0.135. The van der Waals surface area contributed by atoms with Crippen LogP contribution >= 0.6 is 0 Å². The molecule has 110 valence electrons. The van der Waals surface area contributed by atoms with Gasteiger partial charge in [-0.05, 0) is 24.6 Å². The Morgan fingerprint density at radius 3 is 2.70 bits per heavy atom. The summed E-state index contributed by atoms with van der Waals surface area (Å²) in [6, 6.07) is 8.19. The van der Waals surface area contributed by atoms with Crippen LogP contribution in [0.4, 0.5) is 4.79 Å². The molecule has 1 aliphatic rings. The van der Waals surface area contributed by atoms with Crippen molar-refractivity contribution in [3.8, 4) is 5.75 Å². The van der Waals surface area contributed by atoms with Crippen LogP contribution < -0.4 is 10.1 Å². The van der Waals surface area contributed by atoms with Crippen LogP contribution in [0, 0.1) is 0 Å². The Labute approximate surface area is 120 Å². The third kappa shape index (κ3) is 3.87. The Morgan fingerprint density at radius 2 is 2.05 bits per heavy atom. The van der Waals surface area contributed by atoms with Crippen molar-refractivity contribution >= 4 is 6.03 Å². The first-order valence-corrected chi connectivity index (χ1v) is 7.11. The average molecular weight is 277 g/mol. The molecular formula is C15H23N3O2. The third-order valence-corrected chi connectivity index (χ3v) is 3.53. The summed E-state index contributed by atoms with van der Waals surface area (Å²) in [5.41, 5.74) is 1.25. The zero-order valence-electron chi connectivity index (χ0n) is 12.3. The summed E-state index contributed by atoms with van der Waals surface area (Å²) in [5, 5.41) is 2.85. The van der Waals surface area contributed by atoms with Crippen molar-refractivity contribution in [3.63, 3.8) is 0 Å². The van der Waals surface area contributed by atoms with Crippen LogP contribution in [0.1, 0.15) is 12.5 Å². The molecule has 1 saturated heterocycles. The van der Waals surface area contributed by atoms with Crippen molar-refractivity contribution in [3.05, 3.63) is 29.8 Å². The smallest absolute Gasteiger partial charge is 0.317 e. The zero-order valence-corrected chi connectivity index (χ0v) is 12.3. The molecular weight excluding hydrogens is 254 g/mol. The number of hydrogen-bond donors (Lipinski definition) is 1. The molecule has 0 saturated carbocycles. The molecule has 2 amide bonds. The zero-order chi connectivity index (χ0) is 14.4. The van der Waals surface area contributed by atoms with Gasteiger partial charge in [-0.25, -0.2) is 4.79 Å². The molecule has 5 nitrogen and oxygen atoms in total. The van der Waals surface area contributed by atoms with E-state index in [1.54, 1.807) is 7.11 Å². The van der Waals surface area contributed by atoms with E-state index in [9.17, 15) is 4.79 Å². The molecule has 1 aromatic carbocycles. The van der Waals surface area contributed by atoms with Gasteiger partial charge in [0, 0.05) is 39.3 Å². The maximum atomic E-state index is 11.7. The fourth-order valence-electron chi connectivity index (χ4n) is 2.40. The SMILES string of the molecule is CCNC(=O)N1CCN(Cc2cccc(OC)c2)CC1. The Kier molecular flexibility index (Phi) is 5.24. The third-order valence-electron chi connectivity index (χ3n) is 3.53. The van der Waals surface area contributed by atoms with Crippen molar-refractivity contribution in [1.29, 1.82) is 0 Å². The van der Waals surface area contributed by atoms with Gasteiger partial charge in [0.1, 0.15) is 5.75 Å². The number of amides is 2. The number of methoxy groups -OCH3 is 1. The maximum absolute atomic E-state index is 11.7. The molecule has 0 spiro atoms. The normalized spacial score (nSPS) is 16.0. The molecule has 0 bridgehead atoms. The fourth-order valence-corrected chi connectivity index (χ4v) is 2.40. The predicted octanol–water partition coefficient (Wildman–Crippen LogP) is 1.54. The predicted molar refractivity (Wildman–Crippen MR) is 78.9 cm³/mol. The lowest BCUT2D eigenvalue weighted by Gasteiger charge is -2.34. The monoisotopic (exact) mass is 277 g/mol. The molecule has 1 heterocycles. The van der Waals surface area contributed by atoms with E-state index in [1.165, 1.54) is 5.56 Å². The molecule has 2 rings (SSSR count). The molecule has 1 N–H and O–H groups in total. The highest BCUT2D eigenvalue weighted by Gasteiger charge is 2.20. The van der Waals surface area contributed by atoms with Crippen LogP contribution in [0.15, 0.2) is 24.3 Å². The quantitative estimate of drug-likeness (QED) is 0.908. The highest BCUT2D eigenvalue weighted by Crippen LogP contribution is 2.15. The second-order valence-corrected chi connectivity index (χ2v) is 4.95. The number of nitrogens with zero attached hydrogens (tertiary/aromatic N) is 2. The Balaban J connectivity index is 1.83. The van der Waals surface area contributed by atoms with E-state index >= 15 is 0 Å². The van der Waals surface area contributed by atoms with E-state index in [-0.39, 0.29) is 6.03 Å². The second-order valence-electron chi connectivity index (χ2n) is 4.95. The van der Waals surface area contributed by atoms with Crippen molar-refractivity contribution in [1.82, 2.24) is 15.1 Å². The van der Waals surface area contributed by atoms with Crippen molar-refractivity contribution in [2.24, 2.45) is 0 Å². The van der Waals surface area contributed by atoms with Gasteiger partial charge in [-0.2, -0.15) is 0 Å². The van der Waals surface area contributed by atoms with E-state index in [2.05, 4.69) is 22.3 Å². The van der Waals surface area contributed by atoms with Gasteiger partial charge in [0.15, 0.2) is 0 Å². The number of carbonyl (C=O) groups is 1. The van der Waals surface area contributed by atoms with Crippen molar-refractivity contribution < 1.29 is 9.53 Å². The minimum Gasteiger partial charge on any atom is -0.497 e. The van der Waals surface area contributed by atoms with Crippen LogP contribution in [0.5, 0.6) is 5.75 Å². The molecule has 0 unspecified atom stereocenters. The molecule has 5 heteroatoms. The highest BCUT2D eigenvalue weighted by atomic mass is 16.5. The number of nitrogens with one attached hydrogen (secondary N) is 1. The van der Waals surface area contributed by atoms with Gasteiger partial charge in [0.25, 0.3) is 0 Å². The second kappa shape index (κ2) is 7.14.